The van der Waals surface area contributed by atoms with E-state index < -0.39 is 10.5 Å². The number of aliphatic hydroxyl groups is 1. The highest BCUT2D eigenvalue weighted by Crippen LogP contribution is 2.33. The van der Waals surface area contributed by atoms with Gasteiger partial charge in [0.1, 0.15) is 0 Å². The van der Waals surface area contributed by atoms with Crippen LogP contribution in [-0.2, 0) is 0 Å². The molecule has 0 fully saturated rings. The second kappa shape index (κ2) is 4.47. The molecule has 1 aromatic carbocycles. The Morgan fingerprint density at radius 1 is 1.42 bits per heavy atom. The molecule has 0 saturated heterocycles. The minimum atomic E-state index is -0.540. The number of hydrogen-bond acceptors (Lipinski definition) is 7. The zero-order valence-corrected chi connectivity index (χ0v) is 10.8. The molecule has 0 spiro atoms. The molecule has 0 aliphatic rings. The molecule has 2 aromatic rings. The van der Waals surface area contributed by atoms with E-state index in [0.717, 1.165) is 0 Å². The van der Waals surface area contributed by atoms with Gasteiger partial charge >= 0.3 is 5.69 Å². The molecule has 0 aliphatic heterocycles. The second-order valence-corrected chi connectivity index (χ2v) is 4.85. The summed E-state index contributed by atoms with van der Waals surface area (Å²) in [5.74, 6) is 0. The van der Waals surface area contributed by atoms with Gasteiger partial charge in [-0.3, -0.25) is 10.1 Å². The lowest BCUT2D eigenvalue weighted by Gasteiger charge is -2.35. The van der Waals surface area contributed by atoms with Crippen molar-refractivity contribution in [3.05, 3.63) is 22.2 Å². The molecule has 19 heavy (non-hydrogen) atoms. The van der Waals surface area contributed by atoms with Crippen LogP contribution in [0.4, 0.5) is 11.4 Å². The lowest BCUT2D eigenvalue weighted by Crippen LogP contribution is -2.44. The first-order chi connectivity index (χ1) is 8.88. The van der Waals surface area contributed by atoms with Crippen LogP contribution in [0.1, 0.15) is 13.8 Å². The van der Waals surface area contributed by atoms with Gasteiger partial charge in [-0.25, -0.2) is 4.63 Å². The molecule has 0 radical (unpaired) electrons. The fourth-order valence-electron chi connectivity index (χ4n) is 1.69. The Morgan fingerprint density at radius 3 is 2.63 bits per heavy atom. The molecular weight excluding hydrogens is 252 g/mol. The van der Waals surface area contributed by atoms with Gasteiger partial charge in [-0.15, -0.1) is 0 Å². The number of likely N-dealkylation sites (N-methyl/N-ethyl adjacent to an activating group) is 1. The molecule has 102 valence electrons. The number of hydrogen-bond donors (Lipinski definition) is 1. The van der Waals surface area contributed by atoms with E-state index in [4.69, 9.17) is 0 Å². The van der Waals surface area contributed by atoms with E-state index in [1.165, 1.54) is 6.07 Å². The molecule has 8 heteroatoms. The summed E-state index contributed by atoms with van der Waals surface area (Å²) in [6.45, 7) is 3.61. The summed E-state index contributed by atoms with van der Waals surface area (Å²) in [5, 5.41) is 27.6. The summed E-state index contributed by atoms with van der Waals surface area (Å²) in [7, 11) is 1.77. The van der Waals surface area contributed by atoms with E-state index in [0.29, 0.717) is 11.2 Å². The van der Waals surface area contributed by atoms with Gasteiger partial charge in [0.15, 0.2) is 5.52 Å². The van der Waals surface area contributed by atoms with Crippen molar-refractivity contribution in [2.24, 2.45) is 0 Å². The van der Waals surface area contributed by atoms with E-state index in [9.17, 15) is 15.2 Å². The molecule has 0 aliphatic carbocycles. The summed E-state index contributed by atoms with van der Waals surface area (Å²) in [4.78, 5) is 12.1. The van der Waals surface area contributed by atoms with Gasteiger partial charge in [0, 0.05) is 13.1 Å². The van der Waals surface area contributed by atoms with E-state index in [-0.39, 0.29) is 17.8 Å². The van der Waals surface area contributed by atoms with Crippen LogP contribution < -0.4 is 4.90 Å². The summed E-state index contributed by atoms with van der Waals surface area (Å²) in [6, 6.07) is 2.92. The molecule has 0 bridgehead atoms. The zero-order chi connectivity index (χ0) is 14.2. The first-order valence-corrected chi connectivity index (χ1v) is 5.63. The molecule has 0 saturated carbocycles. The van der Waals surface area contributed by atoms with Crippen LogP contribution >= 0.6 is 0 Å². The van der Waals surface area contributed by atoms with Crippen molar-refractivity contribution in [1.82, 2.24) is 10.3 Å². The SMILES string of the molecule is CN(c1ccc([N+](=O)[O-])c2nonc12)C(C)(C)CO. The number of non-ortho nitro benzene ring substituents is 1. The summed E-state index contributed by atoms with van der Waals surface area (Å²) in [5.41, 5.74) is 0.319. The van der Waals surface area contributed by atoms with Gasteiger partial charge < -0.3 is 10.0 Å². The highest BCUT2D eigenvalue weighted by molar-refractivity contribution is 5.94. The normalized spacial score (nSPS) is 11.8. The van der Waals surface area contributed by atoms with Gasteiger partial charge in [0.25, 0.3) is 0 Å². The van der Waals surface area contributed by atoms with Crippen molar-refractivity contribution in [3.8, 4) is 0 Å². The molecule has 0 unspecified atom stereocenters. The first kappa shape index (κ1) is 13.2. The number of aliphatic hydroxyl groups excluding tert-OH is 1. The third-order valence-electron chi connectivity index (χ3n) is 3.23. The minimum Gasteiger partial charge on any atom is -0.394 e. The summed E-state index contributed by atoms with van der Waals surface area (Å²) >= 11 is 0. The molecule has 0 amide bonds. The number of aromatic nitrogens is 2. The van der Waals surface area contributed by atoms with Crippen LogP contribution in [0.3, 0.4) is 0 Å². The Bertz CT molecular complexity index is 622. The predicted molar refractivity (Wildman–Crippen MR) is 68.0 cm³/mol. The maximum absolute atomic E-state index is 10.9. The van der Waals surface area contributed by atoms with Crippen molar-refractivity contribution < 1.29 is 14.7 Å². The van der Waals surface area contributed by atoms with Crippen molar-refractivity contribution >= 4 is 22.4 Å². The van der Waals surface area contributed by atoms with Gasteiger partial charge in [-0.2, -0.15) is 0 Å². The first-order valence-electron chi connectivity index (χ1n) is 5.63. The van der Waals surface area contributed by atoms with Crippen LogP contribution in [0, 0.1) is 10.1 Å². The van der Waals surface area contributed by atoms with Gasteiger partial charge in [0.2, 0.25) is 5.52 Å². The number of nitro benzene ring substituents is 1. The zero-order valence-electron chi connectivity index (χ0n) is 10.8. The molecule has 1 N–H and O–H groups in total. The summed E-state index contributed by atoms with van der Waals surface area (Å²) in [6.07, 6.45) is 0. The highest BCUT2D eigenvalue weighted by Gasteiger charge is 2.28. The van der Waals surface area contributed by atoms with E-state index in [2.05, 4.69) is 14.9 Å². The smallest absolute Gasteiger partial charge is 0.300 e. The monoisotopic (exact) mass is 266 g/mol. The molecule has 1 heterocycles. The van der Waals surface area contributed by atoms with E-state index in [1.807, 2.05) is 13.8 Å². The van der Waals surface area contributed by atoms with Crippen molar-refractivity contribution in [2.45, 2.75) is 19.4 Å². The lowest BCUT2D eigenvalue weighted by molar-refractivity contribution is -0.383. The largest absolute Gasteiger partial charge is 0.394 e. The molecule has 0 atom stereocenters. The minimum absolute atomic E-state index is 0.0761. The predicted octanol–water partition coefficient (Wildman–Crippen LogP) is 1.34. The van der Waals surface area contributed by atoms with Crippen LogP contribution in [0.5, 0.6) is 0 Å². The van der Waals surface area contributed by atoms with E-state index >= 15 is 0 Å². The van der Waals surface area contributed by atoms with Gasteiger partial charge in [-0.1, -0.05) is 0 Å². The van der Waals surface area contributed by atoms with Crippen LogP contribution in [0.15, 0.2) is 16.8 Å². The quantitative estimate of drug-likeness (QED) is 0.657. The second-order valence-electron chi connectivity index (χ2n) is 4.85. The van der Waals surface area contributed by atoms with E-state index in [1.54, 1.807) is 18.0 Å². The van der Waals surface area contributed by atoms with Crippen molar-refractivity contribution in [2.75, 3.05) is 18.6 Å². The number of fused-ring (bicyclic) bond motifs is 1. The topological polar surface area (TPSA) is 106 Å². The Hall–Kier alpha value is -2.22. The molecule has 2 rings (SSSR count). The Balaban J connectivity index is 2.61. The number of rotatable bonds is 4. The average Bonchev–Trinajstić information content (AvgIpc) is 2.85. The standard InChI is InChI=1S/C11H14N4O4/c1-11(2,6-16)14(3)7-4-5-8(15(17)18)10-9(7)12-19-13-10/h4-5,16H,6H2,1-3H3. The fraction of sp³-hybridized carbons (Fsp3) is 0.455. The number of nitro groups is 1. The van der Waals surface area contributed by atoms with Crippen LogP contribution in [0.25, 0.3) is 11.0 Å². The Labute approximate surface area is 108 Å². The number of nitrogens with zero attached hydrogens (tertiary/aromatic N) is 4. The number of benzene rings is 1. The van der Waals surface area contributed by atoms with Gasteiger partial charge in [-0.05, 0) is 30.2 Å². The highest BCUT2D eigenvalue weighted by atomic mass is 16.6. The maximum Gasteiger partial charge on any atom is 0.300 e. The third kappa shape index (κ3) is 2.10. The number of anilines is 1. The third-order valence-corrected chi connectivity index (χ3v) is 3.23. The summed E-state index contributed by atoms with van der Waals surface area (Å²) < 4.78 is 4.60. The lowest BCUT2D eigenvalue weighted by atomic mass is 10.0. The Kier molecular flexibility index (Phi) is 3.11. The maximum atomic E-state index is 10.9. The fourth-order valence-corrected chi connectivity index (χ4v) is 1.69. The molecule has 1 aromatic heterocycles. The van der Waals surface area contributed by atoms with Crippen molar-refractivity contribution in [1.29, 1.82) is 0 Å². The molecular formula is C11H14N4O4. The van der Waals surface area contributed by atoms with Crippen molar-refractivity contribution in [3.63, 3.8) is 0 Å². The average molecular weight is 266 g/mol. The van der Waals surface area contributed by atoms with Crippen LogP contribution in [0.2, 0.25) is 0 Å². The van der Waals surface area contributed by atoms with Crippen LogP contribution in [-0.4, -0.2) is 39.5 Å². The molecule has 8 nitrogen and oxygen atoms in total. The Morgan fingerprint density at radius 2 is 2.05 bits per heavy atom. The van der Waals surface area contributed by atoms with Gasteiger partial charge in [0.05, 0.1) is 22.8 Å².